The van der Waals surface area contributed by atoms with E-state index in [2.05, 4.69) is 16.6 Å². The molecule has 0 aliphatic carbocycles. The van der Waals surface area contributed by atoms with E-state index in [1.54, 1.807) is 32.9 Å². The Morgan fingerprint density at radius 3 is 2.50 bits per heavy atom. The van der Waals surface area contributed by atoms with Crippen LogP contribution in [0.5, 0.6) is 0 Å². The van der Waals surface area contributed by atoms with Crippen molar-refractivity contribution in [3.63, 3.8) is 0 Å². The lowest BCUT2D eigenvalue weighted by molar-refractivity contribution is -0.136. The molecular weight excluding hydrogens is 262 g/mol. The fraction of sp³-hybridized carbons (Fsp3) is 0.429. The Bertz CT molecular complexity index is 484. The number of esters is 1. The van der Waals surface area contributed by atoms with E-state index in [0.717, 1.165) is 0 Å². The molecule has 1 aromatic heterocycles. The van der Waals surface area contributed by atoms with Crippen LogP contribution >= 0.6 is 0 Å². The molecule has 0 aromatic carbocycles. The van der Waals surface area contributed by atoms with Crippen LogP contribution in [0.3, 0.4) is 0 Å². The average Bonchev–Trinajstić information content (AvgIpc) is 2.85. The molecule has 1 atom stereocenters. The van der Waals surface area contributed by atoms with Crippen molar-refractivity contribution in [3.05, 3.63) is 36.3 Å². The number of carbonyl (C=O) groups is 2. The van der Waals surface area contributed by atoms with Crippen molar-refractivity contribution in [3.8, 4) is 0 Å². The Kier molecular flexibility index (Phi) is 4.96. The van der Waals surface area contributed by atoms with Crippen molar-refractivity contribution < 1.29 is 23.5 Å². The van der Waals surface area contributed by atoms with E-state index in [1.807, 2.05) is 0 Å². The highest BCUT2D eigenvalue weighted by Crippen LogP contribution is 2.22. The van der Waals surface area contributed by atoms with E-state index in [1.165, 1.54) is 13.4 Å². The average molecular weight is 281 g/mol. The summed E-state index contributed by atoms with van der Waals surface area (Å²) in [6.07, 6.45) is 0.757. The van der Waals surface area contributed by atoms with E-state index in [-0.39, 0.29) is 5.57 Å². The number of rotatable bonds is 4. The van der Waals surface area contributed by atoms with Crippen LogP contribution in [0.25, 0.3) is 0 Å². The van der Waals surface area contributed by atoms with Gasteiger partial charge in [-0.05, 0) is 32.9 Å². The maximum Gasteiger partial charge on any atom is 0.408 e. The van der Waals surface area contributed by atoms with Crippen molar-refractivity contribution in [2.45, 2.75) is 32.4 Å². The molecule has 20 heavy (non-hydrogen) atoms. The molecule has 1 amide bonds. The first-order chi connectivity index (χ1) is 9.24. The Morgan fingerprint density at radius 1 is 1.40 bits per heavy atom. The minimum absolute atomic E-state index is 0.0494. The summed E-state index contributed by atoms with van der Waals surface area (Å²) in [6, 6.07) is 2.42. The second-order valence-electron chi connectivity index (χ2n) is 5.11. The van der Waals surface area contributed by atoms with Gasteiger partial charge < -0.3 is 19.2 Å². The molecule has 0 saturated carbocycles. The zero-order valence-corrected chi connectivity index (χ0v) is 12.1. The zero-order valence-electron chi connectivity index (χ0n) is 12.1. The van der Waals surface area contributed by atoms with E-state index in [0.29, 0.717) is 5.76 Å². The summed E-state index contributed by atoms with van der Waals surface area (Å²) in [4.78, 5) is 23.4. The van der Waals surface area contributed by atoms with Gasteiger partial charge >= 0.3 is 12.1 Å². The summed E-state index contributed by atoms with van der Waals surface area (Å²) >= 11 is 0. The van der Waals surface area contributed by atoms with Gasteiger partial charge in [0.15, 0.2) is 0 Å². The molecule has 0 fully saturated rings. The van der Waals surface area contributed by atoms with Crippen LogP contribution in [0.2, 0.25) is 0 Å². The minimum Gasteiger partial charge on any atom is -0.467 e. The van der Waals surface area contributed by atoms with Crippen molar-refractivity contribution in [1.82, 2.24) is 5.32 Å². The molecule has 1 N–H and O–H groups in total. The number of alkyl carbamates (subject to hydrolysis) is 1. The van der Waals surface area contributed by atoms with Gasteiger partial charge in [0.25, 0.3) is 0 Å². The van der Waals surface area contributed by atoms with E-state index in [4.69, 9.17) is 9.15 Å². The summed E-state index contributed by atoms with van der Waals surface area (Å²) in [5.41, 5.74) is -0.599. The predicted molar refractivity (Wildman–Crippen MR) is 72.0 cm³/mol. The Morgan fingerprint density at radius 2 is 2.05 bits per heavy atom. The molecule has 1 aromatic rings. The third-order valence-corrected chi connectivity index (χ3v) is 2.28. The summed E-state index contributed by atoms with van der Waals surface area (Å²) in [7, 11) is 1.24. The van der Waals surface area contributed by atoms with Crippen molar-refractivity contribution in [2.24, 2.45) is 0 Å². The number of nitrogens with one attached hydrogen (secondary N) is 1. The minimum atomic E-state index is -0.840. The SMILES string of the molecule is C=C(C(=O)OC)C(NC(=O)OC(C)(C)C)c1ccco1. The topological polar surface area (TPSA) is 77.8 Å². The molecule has 1 heterocycles. The van der Waals surface area contributed by atoms with Crippen molar-refractivity contribution >= 4 is 12.1 Å². The van der Waals surface area contributed by atoms with Crippen molar-refractivity contribution in [2.75, 3.05) is 7.11 Å². The largest absolute Gasteiger partial charge is 0.467 e. The lowest BCUT2D eigenvalue weighted by Gasteiger charge is -2.23. The standard InChI is InChI=1S/C14H19NO5/c1-9(12(16)18-5)11(10-7-6-8-19-10)15-13(17)20-14(2,3)4/h6-8,11H,1H2,2-5H3,(H,15,17). The van der Waals surface area contributed by atoms with Gasteiger partial charge in [-0.1, -0.05) is 6.58 Å². The maximum absolute atomic E-state index is 11.8. The fourth-order valence-electron chi connectivity index (χ4n) is 1.46. The lowest BCUT2D eigenvalue weighted by Crippen LogP contribution is -2.36. The van der Waals surface area contributed by atoms with Crippen LogP contribution in [-0.2, 0) is 14.3 Å². The van der Waals surface area contributed by atoms with Crippen LogP contribution in [0, 0.1) is 0 Å². The van der Waals surface area contributed by atoms with Gasteiger partial charge in [0.1, 0.15) is 17.4 Å². The van der Waals surface area contributed by atoms with Gasteiger partial charge in [0.2, 0.25) is 0 Å². The molecule has 0 aliphatic rings. The van der Waals surface area contributed by atoms with E-state index < -0.39 is 23.7 Å². The smallest absolute Gasteiger partial charge is 0.408 e. The maximum atomic E-state index is 11.8. The third kappa shape index (κ3) is 4.46. The highest BCUT2D eigenvalue weighted by atomic mass is 16.6. The zero-order chi connectivity index (χ0) is 15.3. The summed E-state index contributed by atoms with van der Waals surface area (Å²) in [5.74, 6) is -0.270. The normalized spacial score (nSPS) is 12.4. The summed E-state index contributed by atoms with van der Waals surface area (Å²) in [6.45, 7) is 8.85. The van der Waals surface area contributed by atoms with Crippen molar-refractivity contribution in [1.29, 1.82) is 0 Å². The molecule has 0 radical (unpaired) electrons. The molecule has 6 heteroatoms. The number of ether oxygens (including phenoxy) is 2. The monoisotopic (exact) mass is 281 g/mol. The Balaban J connectivity index is 2.88. The van der Waals surface area contributed by atoms with Gasteiger partial charge in [-0.2, -0.15) is 0 Å². The van der Waals surface area contributed by atoms with Crippen LogP contribution in [0.4, 0.5) is 4.79 Å². The number of amides is 1. The van der Waals surface area contributed by atoms with Crippen LogP contribution in [0.1, 0.15) is 32.6 Å². The lowest BCUT2D eigenvalue weighted by atomic mass is 10.1. The quantitative estimate of drug-likeness (QED) is 0.678. The molecule has 110 valence electrons. The van der Waals surface area contributed by atoms with E-state index in [9.17, 15) is 9.59 Å². The second-order valence-corrected chi connectivity index (χ2v) is 5.11. The number of carbonyl (C=O) groups excluding carboxylic acids is 2. The van der Waals surface area contributed by atoms with Gasteiger partial charge in [0, 0.05) is 0 Å². The molecule has 0 saturated heterocycles. The van der Waals surface area contributed by atoms with Crippen LogP contribution in [0.15, 0.2) is 35.0 Å². The fourth-order valence-corrected chi connectivity index (χ4v) is 1.46. The highest BCUT2D eigenvalue weighted by molar-refractivity contribution is 5.90. The van der Waals surface area contributed by atoms with Gasteiger partial charge in [-0.15, -0.1) is 0 Å². The first kappa shape index (κ1) is 15.8. The van der Waals surface area contributed by atoms with E-state index >= 15 is 0 Å². The second kappa shape index (κ2) is 6.27. The molecule has 0 spiro atoms. The predicted octanol–water partition coefficient (Wildman–Crippen LogP) is 2.57. The van der Waals surface area contributed by atoms with Crippen LogP contribution < -0.4 is 5.32 Å². The third-order valence-electron chi connectivity index (χ3n) is 2.28. The molecule has 0 bridgehead atoms. The first-order valence-corrected chi connectivity index (χ1v) is 6.04. The number of methoxy groups -OCH3 is 1. The Hall–Kier alpha value is -2.24. The highest BCUT2D eigenvalue weighted by Gasteiger charge is 2.27. The molecule has 0 aliphatic heterocycles. The molecular formula is C14H19NO5. The molecule has 1 rings (SSSR count). The Labute approximate surface area is 117 Å². The molecule has 6 nitrogen and oxygen atoms in total. The number of furan rings is 1. The van der Waals surface area contributed by atoms with Gasteiger partial charge in [0.05, 0.1) is 18.9 Å². The molecule has 1 unspecified atom stereocenters. The van der Waals surface area contributed by atoms with Crippen LogP contribution in [-0.4, -0.2) is 24.8 Å². The van der Waals surface area contributed by atoms with Gasteiger partial charge in [-0.25, -0.2) is 9.59 Å². The number of hydrogen-bond acceptors (Lipinski definition) is 5. The summed E-state index contributed by atoms with van der Waals surface area (Å²) < 4.78 is 14.9. The first-order valence-electron chi connectivity index (χ1n) is 6.04. The van der Waals surface area contributed by atoms with Gasteiger partial charge in [-0.3, -0.25) is 0 Å². The number of hydrogen-bond donors (Lipinski definition) is 1. The summed E-state index contributed by atoms with van der Waals surface area (Å²) in [5, 5.41) is 2.54.